The van der Waals surface area contributed by atoms with Crippen LogP contribution in [0.2, 0.25) is 0 Å². The minimum absolute atomic E-state index is 0.382. The number of hydrogen-bond donors (Lipinski definition) is 0. The molecule has 18 heavy (non-hydrogen) atoms. The Hall–Kier alpha value is -1.40. The molecule has 6 heteroatoms. The van der Waals surface area contributed by atoms with Crippen molar-refractivity contribution in [3.05, 3.63) is 15.9 Å². The molecular weight excluding hydrogens is 351 g/mol. The van der Waals surface area contributed by atoms with Crippen molar-refractivity contribution < 1.29 is 23.7 Å². The summed E-state index contributed by atoms with van der Waals surface area (Å²) < 4.78 is 21.9. The fourth-order valence-corrected chi connectivity index (χ4v) is 2.04. The summed E-state index contributed by atoms with van der Waals surface area (Å²) in [4.78, 5) is 10.2. The van der Waals surface area contributed by atoms with E-state index in [0.717, 1.165) is 9.83 Å². The van der Waals surface area contributed by atoms with E-state index in [0.29, 0.717) is 29.6 Å². The summed E-state index contributed by atoms with van der Waals surface area (Å²) in [5.41, 5.74) is 0. The van der Waals surface area contributed by atoms with Crippen LogP contribution in [-0.4, -0.2) is 26.8 Å². The molecule has 98 valence electrons. The molecule has 0 atom stereocenters. The Kier molecular flexibility index (Phi) is 5.80. The number of ether oxygens (including phenoxy) is 4. The van der Waals surface area contributed by atoms with Crippen LogP contribution in [-0.2, 0) is 4.79 Å². The lowest BCUT2D eigenvalue weighted by atomic mass is 10.2. The monoisotopic (exact) mass is 364 g/mol. The average molecular weight is 364 g/mol. The third-order valence-electron chi connectivity index (χ3n) is 2.05. The molecule has 0 aliphatic rings. The van der Waals surface area contributed by atoms with Crippen molar-refractivity contribution in [3.8, 4) is 23.0 Å². The van der Waals surface area contributed by atoms with Gasteiger partial charge in [-0.05, 0) is 29.5 Å². The van der Waals surface area contributed by atoms with Gasteiger partial charge in [-0.15, -0.1) is 0 Å². The highest BCUT2D eigenvalue weighted by molar-refractivity contribution is 14.1. The summed E-state index contributed by atoms with van der Waals surface area (Å²) in [6.45, 7) is 2.30. The number of benzene rings is 1. The molecule has 0 saturated carbocycles. The van der Waals surface area contributed by atoms with Crippen molar-refractivity contribution in [2.75, 3.05) is 20.8 Å². The molecule has 1 rings (SSSR count). The van der Waals surface area contributed by atoms with Crippen LogP contribution in [0.4, 0.5) is 0 Å². The Labute approximate surface area is 119 Å². The Morgan fingerprint density at radius 1 is 1.28 bits per heavy atom. The van der Waals surface area contributed by atoms with Crippen LogP contribution in [0, 0.1) is 3.57 Å². The normalized spacial score (nSPS) is 9.33. The highest BCUT2D eigenvalue weighted by Crippen LogP contribution is 2.47. The topological polar surface area (TPSA) is 54.0 Å². The molecule has 0 aliphatic heterocycles. The lowest BCUT2D eigenvalue weighted by molar-refractivity contribution is 0.281. The molecule has 0 bridgehead atoms. The Morgan fingerprint density at radius 2 is 2.00 bits per heavy atom. The fraction of sp³-hybridized carbons (Fsp3) is 0.333. The standard InChI is InChI=1S/C12H13IO5/c1-4-17-11-9(15-2)7-8(13)10(12(11)16-3)18-6-5-14/h6-7H,4H2,1-3H3. The maximum absolute atomic E-state index is 10.2. The molecule has 0 amide bonds. The number of methoxy groups -OCH3 is 2. The Bertz CT molecular complexity index is 466. The van der Waals surface area contributed by atoms with Gasteiger partial charge in [0.1, 0.15) is 0 Å². The van der Waals surface area contributed by atoms with E-state index in [4.69, 9.17) is 18.9 Å². The number of hydrogen-bond acceptors (Lipinski definition) is 5. The quantitative estimate of drug-likeness (QED) is 0.441. The molecule has 1 aromatic rings. The van der Waals surface area contributed by atoms with Gasteiger partial charge in [0, 0.05) is 6.07 Å². The average Bonchev–Trinajstić information content (AvgIpc) is 2.38. The van der Waals surface area contributed by atoms with Crippen LogP contribution in [0.25, 0.3) is 0 Å². The van der Waals surface area contributed by atoms with Gasteiger partial charge in [-0.25, -0.2) is 4.79 Å². The van der Waals surface area contributed by atoms with Crippen LogP contribution < -0.4 is 18.9 Å². The Balaban J connectivity index is 3.40. The first-order chi connectivity index (χ1) is 8.69. The minimum Gasteiger partial charge on any atom is -0.493 e. The summed E-state index contributed by atoms with van der Waals surface area (Å²) in [6, 6.07) is 1.74. The van der Waals surface area contributed by atoms with Crippen molar-refractivity contribution in [2.45, 2.75) is 6.92 Å². The van der Waals surface area contributed by atoms with Crippen LogP contribution in [0.3, 0.4) is 0 Å². The smallest absolute Gasteiger partial charge is 0.209 e. The first-order valence-corrected chi connectivity index (χ1v) is 6.20. The molecule has 0 spiro atoms. The molecule has 0 radical (unpaired) electrons. The fourth-order valence-electron chi connectivity index (χ4n) is 1.38. The van der Waals surface area contributed by atoms with E-state index in [-0.39, 0.29) is 0 Å². The largest absolute Gasteiger partial charge is 0.493 e. The predicted octanol–water partition coefficient (Wildman–Crippen LogP) is 2.43. The molecular formula is C12H13IO5. The van der Waals surface area contributed by atoms with Gasteiger partial charge in [-0.2, -0.15) is 0 Å². The van der Waals surface area contributed by atoms with Crippen molar-refractivity contribution in [1.82, 2.24) is 0 Å². The molecule has 0 saturated heterocycles. The van der Waals surface area contributed by atoms with E-state index >= 15 is 0 Å². The molecule has 0 aliphatic carbocycles. The summed E-state index contributed by atoms with van der Waals surface area (Å²) in [5.74, 6) is 3.31. The zero-order valence-electron chi connectivity index (χ0n) is 10.3. The van der Waals surface area contributed by atoms with Crippen molar-refractivity contribution in [1.29, 1.82) is 0 Å². The van der Waals surface area contributed by atoms with Gasteiger partial charge in [-0.3, -0.25) is 0 Å². The highest BCUT2D eigenvalue weighted by atomic mass is 127. The van der Waals surface area contributed by atoms with Gasteiger partial charge in [-0.1, -0.05) is 0 Å². The molecule has 0 heterocycles. The van der Waals surface area contributed by atoms with E-state index in [2.05, 4.69) is 22.6 Å². The van der Waals surface area contributed by atoms with Gasteiger partial charge < -0.3 is 18.9 Å². The second-order valence-corrected chi connectivity index (χ2v) is 4.20. The molecule has 0 fully saturated rings. The van der Waals surface area contributed by atoms with Crippen molar-refractivity contribution in [3.63, 3.8) is 0 Å². The van der Waals surface area contributed by atoms with E-state index < -0.39 is 0 Å². The van der Waals surface area contributed by atoms with E-state index in [1.54, 1.807) is 19.1 Å². The SMILES string of the molecule is CCOc1c(OC)cc(I)c(OC=C=O)c1OC. The molecule has 5 nitrogen and oxygen atoms in total. The summed E-state index contributed by atoms with van der Waals surface area (Å²) in [5, 5.41) is 0. The second-order valence-electron chi connectivity index (χ2n) is 3.04. The summed E-state index contributed by atoms with van der Waals surface area (Å²) >= 11 is 2.05. The van der Waals surface area contributed by atoms with Gasteiger partial charge >= 0.3 is 0 Å². The van der Waals surface area contributed by atoms with E-state index in [9.17, 15) is 4.79 Å². The van der Waals surface area contributed by atoms with E-state index in [1.807, 2.05) is 6.92 Å². The van der Waals surface area contributed by atoms with Crippen LogP contribution in [0.15, 0.2) is 12.3 Å². The van der Waals surface area contributed by atoms with Crippen molar-refractivity contribution >= 4 is 28.5 Å². The van der Waals surface area contributed by atoms with Crippen LogP contribution >= 0.6 is 22.6 Å². The zero-order valence-corrected chi connectivity index (χ0v) is 12.4. The minimum atomic E-state index is 0.382. The lowest BCUT2D eigenvalue weighted by Gasteiger charge is -2.17. The van der Waals surface area contributed by atoms with Crippen LogP contribution in [0.5, 0.6) is 23.0 Å². The van der Waals surface area contributed by atoms with Gasteiger partial charge in [0.25, 0.3) is 0 Å². The van der Waals surface area contributed by atoms with Crippen molar-refractivity contribution in [2.24, 2.45) is 0 Å². The molecule has 0 N–H and O–H groups in total. The number of carbonyl (C=O) groups excluding carboxylic acids is 1. The second kappa shape index (κ2) is 7.13. The third kappa shape index (κ3) is 3.08. The number of rotatable bonds is 6. The van der Waals surface area contributed by atoms with Gasteiger partial charge in [0.05, 0.1) is 24.4 Å². The van der Waals surface area contributed by atoms with Gasteiger partial charge in [0.15, 0.2) is 23.7 Å². The van der Waals surface area contributed by atoms with Gasteiger partial charge in [0.2, 0.25) is 11.5 Å². The third-order valence-corrected chi connectivity index (χ3v) is 2.85. The maximum Gasteiger partial charge on any atom is 0.209 e. The molecule has 0 unspecified atom stereocenters. The molecule has 1 aromatic carbocycles. The zero-order chi connectivity index (χ0) is 13.5. The first kappa shape index (κ1) is 14.7. The first-order valence-electron chi connectivity index (χ1n) is 5.12. The van der Waals surface area contributed by atoms with E-state index in [1.165, 1.54) is 7.11 Å². The summed E-state index contributed by atoms with van der Waals surface area (Å²) in [7, 11) is 3.03. The summed E-state index contributed by atoms with van der Waals surface area (Å²) in [6.07, 6.45) is 0.919. The molecule has 0 aromatic heterocycles. The number of halogens is 1. The van der Waals surface area contributed by atoms with Crippen LogP contribution in [0.1, 0.15) is 6.92 Å². The lowest BCUT2D eigenvalue weighted by Crippen LogP contribution is -2.01. The predicted molar refractivity (Wildman–Crippen MR) is 74.3 cm³/mol. The highest BCUT2D eigenvalue weighted by Gasteiger charge is 2.21. The Morgan fingerprint density at radius 3 is 2.50 bits per heavy atom. The maximum atomic E-state index is 10.2.